The predicted molar refractivity (Wildman–Crippen MR) is 160 cm³/mol. The maximum Gasteiger partial charge on any atom is 0.210 e. The first-order valence-corrected chi connectivity index (χ1v) is 15.4. The van der Waals surface area contributed by atoms with Gasteiger partial charge in [0.1, 0.15) is 11.5 Å². The highest BCUT2D eigenvalue weighted by molar-refractivity contribution is 7.22. The minimum absolute atomic E-state index is 0.175. The van der Waals surface area contributed by atoms with Gasteiger partial charge in [0.25, 0.3) is 0 Å². The predicted octanol–water partition coefficient (Wildman–Crippen LogP) is 10.4. The van der Waals surface area contributed by atoms with Crippen LogP contribution < -0.4 is 4.74 Å². The number of phenols is 1. The summed E-state index contributed by atoms with van der Waals surface area (Å²) in [4.78, 5) is 8.93. The van der Waals surface area contributed by atoms with Gasteiger partial charge in [-0.1, -0.05) is 127 Å². The summed E-state index contributed by atoms with van der Waals surface area (Å²) in [6.45, 7) is 2.98. The molecule has 1 N–H and O–H groups in total. The lowest BCUT2D eigenvalue weighted by molar-refractivity contribution is 0.302. The largest absolute Gasteiger partial charge is 0.507 e. The summed E-state index contributed by atoms with van der Waals surface area (Å²) in [5, 5.41) is 11.0. The second kappa shape index (κ2) is 18.0. The third kappa shape index (κ3) is 11.7. The molecular formula is C32H46N2O2S. The number of aliphatic imine (C=N–C) groups is 1. The average molecular weight is 523 g/mol. The van der Waals surface area contributed by atoms with E-state index in [1.54, 1.807) is 12.3 Å². The highest BCUT2D eigenvalue weighted by Gasteiger charge is 2.04. The lowest BCUT2D eigenvalue weighted by Gasteiger charge is -2.08. The van der Waals surface area contributed by atoms with E-state index in [0.717, 1.165) is 16.6 Å². The third-order valence-corrected chi connectivity index (χ3v) is 7.81. The normalized spacial score (nSPS) is 11.6. The van der Waals surface area contributed by atoms with Crippen molar-refractivity contribution < 1.29 is 9.84 Å². The first kappa shape index (κ1) is 29.2. The molecule has 0 unspecified atom stereocenters. The zero-order valence-electron chi connectivity index (χ0n) is 22.8. The maximum atomic E-state index is 10.4. The number of benzene rings is 2. The van der Waals surface area contributed by atoms with E-state index < -0.39 is 0 Å². The molecule has 1 aromatic heterocycles. The van der Waals surface area contributed by atoms with Crippen LogP contribution in [0.1, 0.15) is 115 Å². The molecule has 0 radical (unpaired) electrons. The molecule has 2 aromatic carbocycles. The van der Waals surface area contributed by atoms with E-state index in [1.807, 2.05) is 36.4 Å². The molecule has 0 aliphatic heterocycles. The van der Waals surface area contributed by atoms with Gasteiger partial charge in [0.05, 0.1) is 16.8 Å². The van der Waals surface area contributed by atoms with E-state index in [0.29, 0.717) is 23.1 Å². The van der Waals surface area contributed by atoms with Crippen molar-refractivity contribution in [3.63, 3.8) is 0 Å². The topological polar surface area (TPSA) is 54.7 Å². The number of fused-ring (bicyclic) bond motifs is 1. The van der Waals surface area contributed by atoms with E-state index >= 15 is 0 Å². The molecule has 0 amide bonds. The Morgan fingerprint density at radius 1 is 0.784 bits per heavy atom. The Labute approximate surface area is 228 Å². The smallest absolute Gasteiger partial charge is 0.210 e. The van der Waals surface area contributed by atoms with Gasteiger partial charge in [-0.3, -0.25) is 0 Å². The second-order valence-electron chi connectivity index (χ2n) is 10.1. The third-order valence-electron chi connectivity index (χ3n) is 6.87. The van der Waals surface area contributed by atoms with Crippen LogP contribution in [-0.4, -0.2) is 22.9 Å². The fourth-order valence-corrected chi connectivity index (χ4v) is 5.41. The van der Waals surface area contributed by atoms with Gasteiger partial charge in [-0.05, 0) is 30.7 Å². The molecule has 1 heterocycles. The standard InChI is InChI=1S/C32H46N2O2S/c1-2-3-4-5-6-7-8-9-10-11-12-13-14-15-16-19-24-36-28-23-22-27(30(35)25-28)26-33-32-34-29-20-17-18-21-31(29)37-32/h17-18,20-23,25-26,35H,2-16,19,24H2,1H3. The van der Waals surface area contributed by atoms with Gasteiger partial charge in [-0.25, -0.2) is 9.98 Å². The number of rotatable bonds is 20. The number of hydrogen-bond acceptors (Lipinski definition) is 5. The molecule has 3 rings (SSSR count). The van der Waals surface area contributed by atoms with Crippen LogP contribution in [0.3, 0.4) is 0 Å². The number of ether oxygens (including phenoxy) is 1. The Morgan fingerprint density at radius 2 is 1.38 bits per heavy atom. The average Bonchev–Trinajstić information content (AvgIpc) is 3.33. The highest BCUT2D eigenvalue weighted by atomic mass is 32.1. The molecular weight excluding hydrogens is 476 g/mol. The van der Waals surface area contributed by atoms with Crippen LogP contribution in [0.15, 0.2) is 47.5 Å². The van der Waals surface area contributed by atoms with Gasteiger partial charge in [-0.2, -0.15) is 0 Å². The zero-order chi connectivity index (χ0) is 26.0. The van der Waals surface area contributed by atoms with Crippen molar-refractivity contribution in [1.29, 1.82) is 0 Å². The minimum Gasteiger partial charge on any atom is -0.507 e. The zero-order valence-corrected chi connectivity index (χ0v) is 23.6. The Balaban J connectivity index is 1.18. The Hall–Kier alpha value is -2.40. The fraction of sp³-hybridized carbons (Fsp3) is 0.562. The number of nitrogens with zero attached hydrogens (tertiary/aromatic N) is 2. The van der Waals surface area contributed by atoms with Crippen LogP contribution >= 0.6 is 11.3 Å². The number of aromatic nitrogens is 1. The molecule has 4 nitrogen and oxygen atoms in total. The molecule has 3 aromatic rings. The van der Waals surface area contributed by atoms with E-state index in [2.05, 4.69) is 16.9 Å². The van der Waals surface area contributed by atoms with Gasteiger partial charge in [0.15, 0.2) is 0 Å². The second-order valence-corrected chi connectivity index (χ2v) is 11.1. The molecule has 0 saturated carbocycles. The van der Waals surface area contributed by atoms with Crippen LogP contribution in [-0.2, 0) is 0 Å². The summed E-state index contributed by atoms with van der Waals surface area (Å²) in [5.41, 5.74) is 1.61. The monoisotopic (exact) mass is 522 g/mol. The van der Waals surface area contributed by atoms with Gasteiger partial charge >= 0.3 is 0 Å². The lowest BCUT2D eigenvalue weighted by atomic mass is 10.0. The fourth-order valence-electron chi connectivity index (χ4n) is 4.60. The molecule has 202 valence electrons. The number of thiazole rings is 1. The Bertz CT molecular complexity index is 1010. The molecule has 0 aliphatic carbocycles. The van der Waals surface area contributed by atoms with Crippen molar-refractivity contribution in [2.45, 2.75) is 110 Å². The number of aromatic hydroxyl groups is 1. The van der Waals surface area contributed by atoms with Crippen molar-refractivity contribution in [2.24, 2.45) is 4.99 Å². The van der Waals surface area contributed by atoms with E-state index in [9.17, 15) is 5.11 Å². The summed E-state index contributed by atoms with van der Waals surface area (Å²) in [5.74, 6) is 0.880. The van der Waals surface area contributed by atoms with Crippen molar-refractivity contribution in [2.75, 3.05) is 6.61 Å². The molecule has 37 heavy (non-hydrogen) atoms. The van der Waals surface area contributed by atoms with Crippen LogP contribution in [0.25, 0.3) is 10.2 Å². The maximum absolute atomic E-state index is 10.4. The Kier molecular flexibility index (Phi) is 14.1. The highest BCUT2D eigenvalue weighted by Crippen LogP contribution is 2.28. The van der Waals surface area contributed by atoms with Gasteiger partial charge < -0.3 is 9.84 Å². The summed E-state index contributed by atoms with van der Waals surface area (Å²) in [6.07, 6.45) is 23.5. The number of hydrogen-bond donors (Lipinski definition) is 1. The molecule has 0 saturated heterocycles. The van der Waals surface area contributed by atoms with E-state index in [1.165, 1.54) is 108 Å². The molecule has 0 bridgehead atoms. The van der Waals surface area contributed by atoms with Crippen LogP contribution in [0.4, 0.5) is 5.13 Å². The molecule has 0 fully saturated rings. The van der Waals surface area contributed by atoms with Gasteiger partial charge in [0, 0.05) is 17.8 Å². The molecule has 0 spiro atoms. The van der Waals surface area contributed by atoms with E-state index in [4.69, 9.17) is 4.74 Å². The van der Waals surface area contributed by atoms with Crippen molar-refractivity contribution >= 4 is 32.9 Å². The summed E-state index contributed by atoms with van der Waals surface area (Å²) < 4.78 is 6.96. The van der Waals surface area contributed by atoms with Gasteiger partial charge in [0.2, 0.25) is 5.13 Å². The first-order valence-electron chi connectivity index (χ1n) is 14.6. The summed E-state index contributed by atoms with van der Waals surface area (Å²) in [6, 6.07) is 13.4. The SMILES string of the molecule is CCCCCCCCCCCCCCCCCCOc1ccc(C=Nc2nc3ccccc3s2)c(O)c1. The number of para-hydroxylation sites is 1. The molecule has 0 atom stereocenters. The minimum atomic E-state index is 0.175. The molecule has 0 aliphatic rings. The molecule has 5 heteroatoms. The van der Waals surface area contributed by atoms with Crippen LogP contribution in [0.5, 0.6) is 11.5 Å². The number of unbranched alkanes of at least 4 members (excludes halogenated alkanes) is 15. The summed E-state index contributed by atoms with van der Waals surface area (Å²) >= 11 is 1.54. The van der Waals surface area contributed by atoms with Crippen molar-refractivity contribution in [3.8, 4) is 11.5 Å². The summed E-state index contributed by atoms with van der Waals surface area (Å²) in [7, 11) is 0. The van der Waals surface area contributed by atoms with Gasteiger partial charge in [-0.15, -0.1) is 0 Å². The van der Waals surface area contributed by atoms with Crippen LogP contribution in [0.2, 0.25) is 0 Å². The van der Waals surface area contributed by atoms with Crippen molar-refractivity contribution in [3.05, 3.63) is 48.0 Å². The Morgan fingerprint density at radius 3 is 1.97 bits per heavy atom. The lowest BCUT2D eigenvalue weighted by Crippen LogP contribution is -1.97. The quantitative estimate of drug-likeness (QED) is 0.119. The van der Waals surface area contributed by atoms with Crippen LogP contribution in [0, 0.1) is 0 Å². The van der Waals surface area contributed by atoms with E-state index in [-0.39, 0.29) is 5.75 Å². The first-order chi connectivity index (χ1) is 18.3. The van der Waals surface area contributed by atoms with Crippen molar-refractivity contribution in [1.82, 2.24) is 4.98 Å². The number of phenolic OH excluding ortho intramolecular Hbond substituents is 1.